The van der Waals surface area contributed by atoms with Crippen LogP contribution in [0, 0.1) is 5.82 Å². The van der Waals surface area contributed by atoms with E-state index in [1.165, 1.54) is 6.07 Å². The Bertz CT molecular complexity index is 521. The molecule has 3 nitrogen and oxygen atoms in total. The normalized spacial score (nSPS) is 11.2. The van der Waals surface area contributed by atoms with Gasteiger partial charge < -0.3 is 10.3 Å². The lowest BCUT2D eigenvalue weighted by atomic mass is 10.3. The smallest absolute Gasteiger partial charge is 0.201 e. The zero-order valence-corrected chi connectivity index (χ0v) is 9.76. The highest BCUT2D eigenvalue weighted by Crippen LogP contribution is 2.25. The van der Waals surface area contributed by atoms with Gasteiger partial charge >= 0.3 is 0 Å². The highest BCUT2D eigenvalue weighted by Gasteiger charge is 2.11. The molecule has 0 fully saturated rings. The first-order valence-corrected chi connectivity index (χ1v) is 5.62. The Morgan fingerprint density at radius 2 is 2.25 bits per heavy atom. The molecule has 0 aliphatic carbocycles. The van der Waals surface area contributed by atoms with E-state index in [1.807, 2.05) is 4.57 Å². The van der Waals surface area contributed by atoms with Crippen LogP contribution in [-0.2, 0) is 6.54 Å². The minimum Gasteiger partial charge on any atom is -0.369 e. The second-order valence-electron chi connectivity index (χ2n) is 3.73. The van der Waals surface area contributed by atoms with E-state index in [1.54, 1.807) is 6.07 Å². The van der Waals surface area contributed by atoms with Crippen molar-refractivity contribution in [2.24, 2.45) is 0 Å². The summed E-state index contributed by atoms with van der Waals surface area (Å²) < 4.78 is 15.1. The van der Waals surface area contributed by atoms with Gasteiger partial charge in [-0.05, 0) is 12.5 Å². The molecular weight excluding hydrogens is 229 g/mol. The number of anilines is 1. The second-order valence-corrected chi connectivity index (χ2v) is 4.14. The molecule has 0 saturated carbocycles. The number of unbranched alkanes of at least 4 members (excludes halogenated alkanes) is 1. The van der Waals surface area contributed by atoms with Gasteiger partial charge in [0.2, 0.25) is 5.95 Å². The molecule has 0 amide bonds. The lowest BCUT2D eigenvalue weighted by Gasteiger charge is -2.05. The molecule has 5 heteroatoms. The van der Waals surface area contributed by atoms with Crippen molar-refractivity contribution >= 4 is 28.6 Å². The Balaban J connectivity index is 2.55. The molecule has 1 aromatic carbocycles. The average Bonchev–Trinajstić information content (AvgIpc) is 2.52. The average molecular weight is 242 g/mol. The highest BCUT2D eigenvalue weighted by molar-refractivity contribution is 6.31. The van der Waals surface area contributed by atoms with Crippen molar-refractivity contribution in [1.82, 2.24) is 9.55 Å². The van der Waals surface area contributed by atoms with Gasteiger partial charge in [-0.3, -0.25) is 0 Å². The van der Waals surface area contributed by atoms with Crippen LogP contribution in [0.2, 0.25) is 5.02 Å². The third kappa shape index (κ3) is 1.85. The van der Waals surface area contributed by atoms with Gasteiger partial charge in [0.25, 0.3) is 0 Å². The number of hydrogen-bond donors (Lipinski definition) is 1. The van der Waals surface area contributed by atoms with Gasteiger partial charge in [-0.15, -0.1) is 0 Å². The minimum absolute atomic E-state index is 0.102. The van der Waals surface area contributed by atoms with Gasteiger partial charge in [0.15, 0.2) is 0 Å². The third-order valence-corrected chi connectivity index (χ3v) is 2.84. The van der Waals surface area contributed by atoms with Crippen molar-refractivity contribution in [3.63, 3.8) is 0 Å². The molecule has 0 aliphatic rings. The van der Waals surface area contributed by atoms with Crippen LogP contribution in [0.1, 0.15) is 19.8 Å². The van der Waals surface area contributed by atoms with Crippen molar-refractivity contribution in [2.45, 2.75) is 26.3 Å². The fraction of sp³-hybridized carbons (Fsp3) is 0.364. The number of aryl methyl sites for hydroxylation is 1. The summed E-state index contributed by atoms with van der Waals surface area (Å²) in [5.41, 5.74) is 7.12. The summed E-state index contributed by atoms with van der Waals surface area (Å²) in [7, 11) is 0. The van der Waals surface area contributed by atoms with Crippen LogP contribution in [0.25, 0.3) is 11.0 Å². The van der Waals surface area contributed by atoms with E-state index in [-0.39, 0.29) is 5.02 Å². The molecule has 0 aliphatic heterocycles. The van der Waals surface area contributed by atoms with Crippen molar-refractivity contribution < 1.29 is 4.39 Å². The predicted molar refractivity (Wildman–Crippen MR) is 64.0 cm³/mol. The summed E-state index contributed by atoms with van der Waals surface area (Å²) >= 11 is 5.75. The summed E-state index contributed by atoms with van der Waals surface area (Å²) in [6.07, 6.45) is 2.07. The molecule has 0 saturated heterocycles. The predicted octanol–water partition coefficient (Wildman–Crippen LogP) is 3.21. The summed E-state index contributed by atoms with van der Waals surface area (Å²) in [4.78, 5) is 4.11. The summed E-state index contributed by atoms with van der Waals surface area (Å²) in [6, 6.07) is 2.89. The van der Waals surface area contributed by atoms with Crippen LogP contribution in [0.4, 0.5) is 10.3 Å². The Morgan fingerprint density at radius 3 is 2.94 bits per heavy atom. The molecule has 2 rings (SSSR count). The lowest BCUT2D eigenvalue weighted by Crippen LogP contribution is -2.03. The first-order valence-electron chi connectivity index (χ1n) is 5.24. The molecule has 0 spiro atoms. The minimum atomic E-state index is -0.464. The van der Waals surface area contributed by atoms with Crippen molar-refractivity contribution in [1.29, 1.82) is 0 Å². The van der Waals surface area contributed by atoms with Crippen molar-refractivity contribution in [3.8, 4) is 0 Å². The van der Waals surface area contributed by atoms with Gasteiger partial charge in [-0.2, -0.15) is 0 Å². The SMILES string of the molecule is CCCCn1c(N)nc2cc(F)c(Cl)cc21. The summed E-state index contributed by atoms with van der Waals surface area (Å²) in [6.45, 7) is 2.88. The Kier molecular flexibility index (Phi) is 3.01. The molecule has 2 N–H and O–H groups in total. The van der Waals surface area contributed by atoms with Crippen LogP contribution in [0.3, 0.4) is 0 Å². The van der Waals surface area contributed by atoms with E-state index in [4.69, 9.17) is 17.3 Å². The van der Waals surface area contributed by atoms with E-state index in [0.717, 1.165) is 24.9 Å². The Hall–Kier alpha value is -1.29. The van der Waals surface area contributed by atoms with E-state index < -0.39 is 5.82 Å². The standard InChI is InChI=1S/C11H13ClFN3/c1-2-3-4-16-10-5-7(12)8(13)6-9(10)15-11(16)14/h5-6H,2-4H2,1H3,(H2,14,15). The maximum Gasteiger partial charge on any atom is 0.201 e. The zero-order chi connectivity index (χ0) is 11.7. The summed E-state index contributed by atoms with van der Waals surface area (Å²) in [5.74, 6) is -0.0561. The van der Waals surface area contributed by atoms with Gasteiger partial charge in [0.1, 0.15) is 5.82 Å². The first kappa shape index (κ1) is 11.2. The Labute approximate surface area is 98.0 Å². The lowest BCUT2D eigenvalue weighted by molar-refractivity contribution is 0.629. The molecule has 0 bridgehead atoms. The molecule has 86 valence electrons. The van der Waals surface area contributed by atoms with Gasteiger partial charge in [0, 0.05) is 12.6 Å². The number of rotatable bonds is 3. The van der Waals surface area contributed by atoms with Crippen LogP contribution in [0.5, 0.6) is 0 Å². The fourth-order valence-corrected chi connectivity index (χ4v) is 1.85. The molecule has 1 aromatic heterocycles. The number of imidazole rings is 1. The van der Waals surface area contributed by atoms with Crippen LogP contribution in [0.15, 0.2) is 12.1 Å². The molecule has 0 radical (unpaired) electrons. The number of nitrogen functional groups attached to an aromatic ring is 1. The Morgan fingerprint density at radius 1 is 1.50 bits per heavy atom. The van der Waals surface area contributed by atoms with E-state index in [2.05, 4.69) is 11.9 Å². The number of halogens is 2. The number of nitrogens with two attached hydrogens (primary N) is 1. The van der Waals surface area contributed by atoms with Crippen molar-refractivity contribution in [2.75, 3.05) is 5.73 Å². The quantitative estimate of drug-likeness (QED) is 0.897. The second kappa shape index (κ2) is 4.29. The number of nitrogens with zero attached hydrogens (tertiary/aromatic N) is 2. The van der Waals surface area contributed by atoms with Crippen LogP contribution < -0.4 is 5.73 Å². The monoisotopic (exact) mass is 241 g/mol. The maximum absolute atomic E-state index is 13.2. The largest absolute Gasteiger partial charge is 0.369 e. The van der Waals surface area contributed by atoms with E-state index in [0.29, 0.717) is 11.5 Å². The van der Waals surface area contributed by atoms with Gasteiger partial charge in [-0.25, -0.2) is 9.37 Å². The van der Waals surface area contributed by atoms with E-state index in [9.17, 15) is 4.39 Å². The molecule has 16 heavy (non-hydrogen) atoms. The number of aromatic nitrogens is 2. The van der Waals surface area contributed by atoms with Gasteiger partial charge in [-0.1, -0.05) is 24.9 Å². The van der Waals surface area contributed by atoms with Crippen molar-refractivity contribution in [3.05, 3.63) is 23.0 Å². The number of hydrogen-bond acceptors (Lipinski definition) is 2. The zero-order valence-electron chi connectivity index (χ0n) is 9.00. The molecule has 0 atom stereocenters. The van der Waals surface area contributed by atoms with Crippen LogP contribution >= 0.6 is 11.6 Å². The third-order valence-electron chi connectivity index (χ3n) is 2.56. The van der Waals surface area contributed by atoms with Crippen LogP contribution in [-0.4, -0.2) is 9.55 Å². The number of fused-ring (bicyclic) bond motifs is 1. The fourth-order valence-electron chi connectivity index (χ4n) is 1.69. The summed E-state index contributed by atoms with van der Waals surface area (Å²) in [5, 5.41) is 0.102. The highest BCUT2D eigenvalue weighted by atomic mass is 35.5. The molecule has 2 aromatic rings. The first-order chi connectivity index (χ1) is 7.63. The molecule has 0 unspecified atom stereocenters. The number of benzene rings is 1. The van der Waals surface area contributed by atoms with E-state index >= 15 is 0 Å². The van der Waals surface area contributed by atoms with Gasteiger partial charge in [0.05, 0.1) is 16.1 Å². The topological polar surface area (TPSA) is 43.8 Å². The molecule has 1 heterocycles. The molecular formula is C11H13ClFN3. The maximum atomic E-state index is 13.2.